The highest BCUT2D eigenvalue weighted by Crippen LogP contribution is 2.26. The summed E-state index contributed by atoms with van der Waals surface area (Å²) in [5.74, 6) is 0.132. The molecule has 1 aromatic rings. The van der Waals surface area contributed by atoms with Gasteiger partial charge >= 0.3 is 0 Å². The first-order valence-electron chi connectivity index (χ1n) is 7.23. The molecule has 6 heteroatoms. The highest BCUT2D eigenvalue weighted by atomic mass is 79.9. The zero-order valence-electron chi connectivity index (χ0n) is 12.8. The molecule has 0 atom stereocenters. The fourth-order valence-corrected chi connectivity index (χ4v) is 2.90. The minimum atomic E-state index is 0.132. The summed E-state index contributed by atoms with van der Waals surface area (Å²) in [4.78, 5) is 7.03. The van der Waals surface area contributed by atoms with Crippen LogP contribution in [0, 0.1) is 5.41 Å². The average Bonchev–Trinajstić information content (AvgIpc) is 2.45. The molecule has 0 aliphatic carbocycles. The Bertz CT molecular complexity index is 495. The quantitative estimate of drug-likeness (QED) is 0.620. The molecular formula is C15H24BrN5. The summed E-state index contributed by atoms with van der Waals surface area (Å²) in [7, 11) is 4.22. The summed E-state index contributed by atoms with van der Waals surface area (Å²) < 4.78 is 1.03. The Morgan fingerprint density at radius 3 is 2.52 bits per heavy atom. The SMILES string of the molecule is CN(C)CCN1CCN(c2cc(Br)ccc2C(=N)N)CC1. The van der Waals surface area contributed by atoms with E-state index in [0.717, 1.165) is 55.0 Å². The van der Waals surface area contributed by atoms with Crippen molar-refractivity contribution in [2.45, 2.75) is 0 Å². The maximum Gasteiger partial charge on any atom is 0.124 e. The van der Waals surface area contributed by atoms with Crippen LogP contribution < -0.4 is 10.6 Å². The lowest BCUT2D eigenvalue weighted by molar-refractivity contribution is 0.229. The molecule has 0 spiro atoms. The van der Waals surface area contributed by atoms with Crippen LogP contribution in [-0.4, -0.2) is 69.0 Å². The van der Waals surface area contributed by atoms with Crippen LogP contribution in [0.4, 0.5) is 5.69 Å². The molecule has 1 aliphatic heterocycles. The molecule has 0 saturated carbocycles. The van der Waals surface area contributed by atoms with Gasteiger partial charge in [0.1, 0.15) is 5.84 Å². The van der Waals surface area contributed by atoms with Gasteiger partial charge in [-0.3, -0.25) is 10.3 Å². The summed E-state index contributed by atoms with van der Waals surface area (Å²) in [6, 6.07) is 5.92. The van der Waals surface area contributed by atoms with Crippen molar-refractivity contribution in [3.05, 3.63) is 28.2 Å². The van der Waals surface area contributed by atoms with E-state index in [1.54, 1.807) is 0 Å². The summed E-state index contributed by atoms with van der Waals surface area (Å²) >= 11 is 3.51. The molecular weight excluding hydrogens is 330 g/mol. The smallest absolute Gasteiger partial charge is 0.124 e. The van der Waals surface area contributed by atoms with Crippen molar-refractivity contribution in [2.75, 3.05) is 58.3 Å². The van der Waals surface area contributed by atoms with E-state index in [0.29, 0.717) is 0 Å². The summed E-state index contributed by atoms with van der Waals surface area (Å²) in [5, 5.41) is 7.74. The molecule has 0 amide bonds. The highest BCUT2D eigenvalue weighted by Gasteiger charge is 2.20. The molecule has 1 aliphatic rings. The lowest BCUT2D eigenvalue weighted by Gasteiger charge is -2.37. The largest absolute Gasteiger partial charge is 0.384 e. The number of piperazine rings is 1. The molecule has 2 rings (SSSR count). The highest BCUT2D eigenvalue weighted by molar-refractivity contribution is 9.10. The van der Waals surface area contributed by atoms with Gasteiger partial charge in [0.25, 0.3) is 0 Å². The van der Waals surface area contributed by atoms with Crippen LogP contribution in [-0.2, 0) is 0 Å². The number of nitrogens with zero attached hydrogens (tertiary/aromatic N) is 3. The lowest BCUT2D eigenvalue weighted by Crippen LogP contribution is -2.48. The number of amidine groups is 1. The van der Waals surface area contributed by atoms with Crippen molar-refractivity contribution >= 4 is 27.5 Å². The van der Waals surface area contributed by atoms with Crippen molar-refractivity contribution in [2.24, 2.45) is 5.73 Å². The van der Waals surface area contributed by atoms with Gasteiger partial charge < -0.3 is 15.5 Å². The van der Waals surface area contributed by atoms with Crippen LogP contribution in [0.5, 0.6) is 0 Å². The maximum absolute atomic E-state index is 7.74. The number of rotatable bonds is 5. The average molecular weight is 354 g/mol. The van der Waals surface area contributed by atoms with Gasteiger partial charge in [-0.1, -0.05) is 15.9 Å². The van der Waals surface area contributed by atoms with E-state index in [2.05, 4.69) is 50.8 Å². The molecule has 0 unspecified atom stereocenters. The first-order chi connectivity index (χ1) is 9.97. The standard InChI is InChI=1S/C15H24BrN5/c1-19(2)5-6-20-7-9-21(10-8-20)14-11-12(16)3-4-13(14)15(17)18/h3-4,11H,5-10H2,1-2H3,(H3,17,18). The monoisotopic (exact) mass is 353 g/mol. The van der Waals surface area contributed by atoms with Crippen LogP contribution in [0.3, 0.4) is 0 Å². The van der Waals surface area contributed by atoms with Gasteiger partial charge in [0.15, 0.2) is 0 Å². The topological polar surface area (TPSA) is 59.6 Å². The number of hydrogen-bond acceptors (Lipinski definition) is 4. The number of hydrogen-bond donors (Lipinski definition) is 2. The molecule has 116 valence electrons. The Morgan fingerprint density at radius 2 is 1.95 bits per heavy atom. The third kappa shape index (κ3) is 4.43. The zero-order valence-corrected chi connectivity index (χ0v) is 14.4. The van der Waals surface area contributed by atoms with Crippen LogP contribution in [0.1, 0.15) is 5.56 Å². The minimum absolute atomic E-state index is 0.132. The Morgan fingerprint density at radius 1 is 1.29 bits per heavy atom. The Kier molecular flexibility index (Phi) is 5.61. The number of benzene rings is 1. The predicted molar refractivity (Wildman–Crippen MR) is 92.4 cm³/mol. The number of nitrogens with one attached hydrogen (secondary N) is 1. The number of anilines is 1. The minimum Gasteiger partial charge on any atom is -0.384 e. The Hall–Kier alpha value is -1.11. The van der Waals surface area contributed by atoms with Gasteiger partial charge in [0.05, 0.1) is 0 Å². The van der Waals surface area contributed by atoms with Crippen LogP contribution >= 0.6 is 15.9 Å². The first kappa shape index (κ1) is 16.3. The van der Waals surface area contributed by atoms with Crippen molar-refractivity contribution in [1.29, 1.82) is 5.41 Å². The van der Waals surface area contributed by atoms with Gasteiger partial charge in [-0.25, -0.2) is 0 Å². The molecule has 1 aromatic carbocycles. The summed E-state index contributed by atoms with van der Waals surface area (Å²) in [6.45, 7) is 6.26. The van der Waals surface area contributed by atoms with Crippen LogP contribution in [0.15, 0.2) is 22.7 Å². The van der Waals surface area contributed by atoms with Crippen molar-refractivity contribution in [3.8, 4) is 0 Å². The van der Waals surface area contributed by atoms with E-state index in [-0.39, 0.29) is 5.84 Å². The Balaban J connectivity index is 2.02. The number of halogens is 1. The van der Waals surface area contributed by atoms with Crippen molar-refractivity contribution < 1.29 is 0 Å². The van der Waals surface area contributed by atoms with E-state index in [4.69, 9.17) is 11.1 Å². The fraction of sp³-hybridized carbons (Fsp3) is 0.533. The molecule has 3 N–H and O–H groups in total. The third-order valence-corrected chi connectivity index (χ3v) is 4.32. The van der Waals surface area contributed by atoms with Crippen molar-refractivity contribution in [3.63, 3.8) is 0 Å². The van der Waals surface area contributed by atoms with Gasteiger partial charge in [-0.05, 0) is 32.3 Å². The fourth-order valence-electron chi connectivity index (χ4n) is 2.55. The molecule has 21 heavy (non-hydrogen) atoms. The first-order valence-corrected chi connectivity index (χ1v) is 8.02. The predicted octanol–water partition coefficient (Wildman–Crippen LogP) is 1.42. The second kappa shape index (κ2) is 7.24. The van der Waals surface area contributed by atoms with Gasteiger partial charge in [-0.15, -0.1) is 0 Å². The normalized spacial score (nSPS) is 16.5. The van der Waals surface area contributed by atoms with E-state index in [1.165, 1.54) is 0 Å². The number of nitrogens with two attached hydrogens (primary N) is 1. The summed E-state index contributed by atoms with van der Waals surface area (Å²) in [5.41, 5.74) is 7.58. The lowest BCUT2D eigenvalue weighted by atomic mass is 10.1. The zero-order chi connectivity index (χ0) is 15.4. The second-order valence-electron chi connectivity index (χ2n) is 5.71. The molecule has 5 nitrogen and oxygen atoms in total. The van der Waals surface area contributed by atoms with Gasteiger partial charge in [0.2, 0.25) is 0 Å². The van der Waals surface area contributed by atoms with Gasteiger partial charge in [0, 0.05) is 55.0 Å². The van der Waals surface area contributed by atoms with Crippen LogP contribution in [0.2, 0.25) is 0 Å². The molecule has 1 heterocycles. The number of likely N-dealkylation sites (N-methyl/N-ethyl adjacent to an activating group) is 1. The number of nitrogen functional groups attached to an aromatic ring is 1. The van der Waals surface area contributed by atoms with E-state index >= 15 is 0 Å². The summed E-state index contributed by atoms with van der Waals surface area (Å²) in [6.07, 6.45) is 0. The molecule has 0 radical (unpaired) electrons. The van der Waals surface area contributed by atoms with Crippen LogP contribution in [0.25, 0.3) is 0 Å². The molecule has 0 aromatic heterocycles. The van der Waals surface area contributed by atoms with E-state index in [1.807, 2.05) is 12.1 Å². The van der Waals surface area contributed by atoms with E-state index < -0.39 is 0 Å². The van der Waals surface area contributed by atoms with Gasteiger partial charge in [-0.2, -0.15) is 0 Å². The third-order valence-electron chi connectivity index (χ3n) is 3.83. The molecule has 1 fully saturated rings. The maximum atomic E-state index is 7.74. The van der Waals surface area contributed by atoms with E-state index in [9.17, 15) is 0 Å². The second-order valence-corrected chi connectivity index (χ2v) is 6.62. The molecule has 0 bridgehead atoms. The Labute approximate surface area is 135 Å². The molecule has 1 saturated heterocycles. The van der Waals surface area contributed by atoms with Crippen molar-refractivity contribution in [1.82, 2.24) is 9.80 Å².